The van der Waals surface area contributed by atoms with Crippen molar-refractivity contribution in [1.29, 1.82) is 0 Å². The maximum absolute atomic E-state index is 14.0. The second-order valence-electron chi connectivity index (χ2n) is 7.22. The minimum Gasteiger partial charge on any atom is -0.352 e. The molecule has 3 aromatic rings. The lowest BCUT2D eigenvalue weighted by Crippen LogP contribution is -2.27. The molecule has 1 atom stereocenters. The molecule has 3 N–H and O–H groups in total. The average Bonchev–Trinajstić information content (AvgIpc) is 3.49. The standard InChI is InChI=1S/C22H22FN3O/c1-13(24)21-19(15-5-3-2-4-6-15)20(22(27)25-12-14-7-8-14)17-11-16(23)9-10-18(17)26-21/h2-6,9-11,13-14H,7-8,12,24H2,1H3,(H,25,27). The topological polar surface area (TPSA) is 68.0 Å². The van der Waals surface area contributed by atoms with Crippen LogP contribution in [0.25, 0.3) is 22.0 Å². The van der Waals surface area contributed by atoms with Crippen LogP contribution in [0.5, 0.6) is 0 Å². The highest BCUT2D eigenvalue weighted by Gasteiger charge is 2.26. The average molecular weight is 363 g/mol. The van der Waals surface area contributed by atoms with Gasteiger partial charge in [-0.25, -0.2) is 4.39 Å². The Hall–Kier alpha value is -2.79. The summed E-state index contributed by atoms with van der Waals surface area (Å²) in [6.07, 6.45) is 2.28. The van der Waals surface area contributed by atoms with E-state index in [0.717, 1.165) is 18.4 Å². The number of nitrogens with two attached hydrogens (primary N) is 1. The molecule has 2 aromatic carbocycles. The van der Waals surface area contributed by atoms with Crippen LogP contribution in [0.1, 0.15) is 41.9 Å². The molecule has 4 rings (SSSR count). The van der Waals surface area contributed by atoms with Crippen LogP contribution in [0.2, 0.25) is 0 Å². The Kier molecular flexibility index (Phi) is 4.62. The first-order chi connectivity index (χ1) is 13.0. The van der Waals surface area contributed by atoms with Crippen molar-refractivity contribution in [3.8, 4) is 11.1 Å². The van der Waals surface area contributed by atoms with E-state index in [-0.39, 0.29) is 11.9 Å². The number of halogens is 1. The highest BCUT2D eigenvalue weighted by molar-refractivity contribution is 6.12. The molecule has 1 saturated carbocycles. The van der Waals surface area contributed by atoms with Crippen molar-refractivity contribution >= 4 is 16.8 Å². The Bertz CT molecular complexity index is 997. The summed E-state index contributed by atoms with van der Waals surface area (Å²) >= 11 is 0. The zero-order valence-corrected chi connectivity index (χ0v) is 15.2. The predicted octanol–water partition coefficient (Wildman–Crippen LogP) is 4.20. The molecule has 1 aliphatic rings. The quantitative estimate of drug-likeness (QED) is 0.714. The smallest absolute Gasteiger partial charge is 0.252 e. The molecule has 1 aromatic heterocycles. The van der Waals surface area contributed by atoms with Gasteiger partial charge in [0.2, 0.25) is 0 Å². The summed E-state index contributed by atoms with van der Waals surface area (Å²) in [6.45, 7) is 2.48. The summed E-state index contributed by atoms with van der Waals surface area (Å²) in [7, 11) is 0. The molecule has 0 aliphatic heterocycles. The van der Waals surface area contributed by atoms with Crippen LogP contribution in [0.3, 0.4) is 0 Å². The van der Waals surface area contributed by atoms with E-state index in [1.807, 2.05) is 37.3 Å². The van der Waals surface area contributed by atoms with Crippen molar-refractivity contribution in [2.75, 3.05) is 6.54 Å². The van der Waals surface area contributed by atoms with Gasteiger partial charge in [-0.05, 0) is 49.4 Å². The van der Waals surface area contributed by atoms with Gasteiger partial charge in [0, 0.05) is 23.5 Å². The maximum atomic E-state index is 14.0. The third-order valence-electron chi connectivity index (χ3n) is 4.94. The van der Waals surface area contributed by atoms with E-state index < -0.39 is 5.82 Å². The number of aromatic nitrogens is 1. The third kappa shape index (κ3) is 3.55. The molecule has 0 bridgehead atoms. The van der Waals surface area contributed by atoms with Crippen molar-refractivity contribution in [2.24, 2.45) is 11.7 Å². The number of nitrogens with one attached hydrogen (secondary N) is 1. The number of hydrogen-bond acceptors (Lipinski definition) is 3. The van der Waals surface area contributed by atoms with Gasteiger partial charge in [0.15, 0.2) is 0 Å². The number of carbonyl (C=O) groups excluding carboxylic acids is 1. The monoisotopic (exact) mass is 363 g/mol. The molecule has 0 spiro atoms. The fourth-order valence-electron chi connectivity index (χ4n) is 3.36. The van der Waals surface area contributed by atoms with E-state index in [0.29, 0.717) is 40.2 Å². The number of fused-ring (bicyclic) bond motifs is 1. The van der Waals surface area contributed by atoms with Crippen LogP contribution in [0, 0.1) is 11.7 Å². The zero-order chi connectivity index (χ0) is 19.0. The molecule has 1 unspecified atom stereocenters. The van der Waals surface area contributed by atoms with Crippen molar-refractivity contribution in [1.82, 2.24) is 10.3 Å². The molecular weight excluding hydrogens is 341 g/mol. The Balaban J connectivity index is 1.99. The van der Waals surface area contributed by atoms with E-state index >= 15 is 0 Å². The van der Waals surface area contributed by atoms with Gasteiger partial charge in [0.1, 0.15) is 5.82 Å². The first kappa shape index (κ1) is 17.6. The third-order valence-corrected chi connectivity index (χ3v) is 4.94. The summed E-state index contributed by atoms with van der Waals surface area (Å²) < 4.78 is 14.0. The van der Waals surface area contributed by atoms with Crippen molar-refractivity contribution in [2.45, 2.75) is 25.8 Å². The van der Waals surface area contributed by atoms with Gasteiger partial charge in [0.05, 0.1) is 16.8 Å². The van der Waals surface area contributed by atoms with Gasteiger partial charge in [-0.15, -0.1) is 0 Å². The Morgan fingerprint density at radius 1 is 1.26 bits per heavy atom. The SMILES string of the molecule is CC(N)c1nc2ccc(F)cc2c(C(=O)NCC2CC2)c1-c1ccccc1. The van der Waals surface area contributed by atoms with E-state index in [9.17, 15) is 9.18 Å². The highest BCUT2D eigenvalue weighted by Crippen LogP contribution is 2.35. The molecule has 138 valence electrons. The molecule has 1 fully saturated rings. The minimum absolute atomic E-state index is 0.208. The van der Waals surface area contributed by atoms with Crippen LogP contribution in [-0.4, -0.2) is 17.4 Å². The normalized spacial score (nSPS) is 14.9. The molecule has 5 heteroatoms. The van der Waals surface area contributed by atoms with Crippen LogP contribution in [0.4, 0.5) is 4.39 Å². The number of hydrogen-bond donors (Lipinski definition) is 2. The Morgan fingerprint density at radius 3 is 2.67 bits per heavy atom. The van der Waals surface area contributed by atoms with E-state index in [1.165, 1.54) is 12.1 Å². The van der Waals surface area contributed by atoms with Gasteiger partial charge in [-0.1, -0.05) is 30.3 Å². The fraction of sp³-hybridized carbons (Fsp3) is 0.273. The number of pyridine rings is 1. The number of benzene rings is 2. The van der Waals surface area contributed by atoms with E-state index in [2.05, 4.69) is 10.3 Å². The van der Waals surface area contributed by atoms with Crippen LogP contribution >= 0.6 is 0 Å². The zero-order valence-electron chi connectivity index (χ0n) is 15.2. The lowest BCUT2D eigenvalue weighted by molar-refractivity contribution is 0.0954. The van der Waals surface area contributed by atoms with Crippen molar-refractivity contribution in [3.05, 3.63) is 65.6 Å². The van der Waals surface area contributed by atoms with Gasteiger partial charge in [-0.3, -0.25) is 9.78 Å². The number of rotatable bonds is 5. The molecule has 0 saturated heterocycles. The lowest BCUT2D eigenvalue weighted by atomic mass is 9.91. The second kappa shape index (κ2) is 7.08. The first-order valence-corrected chi connectivity index (χ1v) is 9.27. The summed E-state index contributed by atoms with van der Waals surface area (Å²) in [5, 5.41) is 3.52. The summed E-state index contributed by atoms with van der Waals surface area (Å²) in [5.74, 6) is -0.0550. The van der Waals surface area contributed by atoms with Gasteiger partial charge in [0.25, 0.3) is 5.91 Å². The highest BCUT2D eigenvalue weighted by atomic mass is 19.1. The minimum atomic E-state index is -0.395. The molecule has 27 heavy (non-hydrogen) atoms. The van der Waals surface area contributed by atoms with Crippen LogP contribution in [-0.2, 0) is 0 Å². The fourth-order valence-corrected chi connectivity index (χ4v) is 3.36. The van der Waals surface area contributed by atoms with Gasteiger partial charge < -0.3 is 11.1 Å². The number of amides is 1. The molecule has 1 amide bonds. The van der Waals surface area contributed by atoms with Crippen LogP contribution < -0.4 is 11.1 Å². The maximum Gasteiger partial charge on any atom is 0.252 e. The first-order valence-electron chi connectivity index (χ1n) is 9.27. The van der Waals surface area contributed by atoms with E-state index in [1.54, 1.807) is 6.07 Å². The summed E-state index contributed by atoms with van der Waals surface area (Å²) in [5.41, 5.74) is 9.38. The molecule has 1 aliphatic carbocycles. The molecular formula is C22H22FN3O. The second-order valence-corrected chi connectivity index (χ2v) is 7.22. The summed E-state index contributed by atoms with van der Waals surface area (Å²) in [6, 6.07) is 13.5. The van der Waals surface area contributed by atoms with Gasteiger partial charge >= 0.3 is 0 Å². The lowest BCUT2D eigenvalue weighted by Gasteiger charge is -2.19. The predicted molar refractivity (Wildman–Crippen MR) is 105 cm³/mol. The molecule has 1 heterocycles. The Labute approximate surface area is 157 Å². The number of carbonyl (C=O) groups is 1. The Morgan fingerprint density at radius 2 is 2.00 bits per heavy atom. The van der Waals surface area contributed by atoms with Crippen LogP contribution in [0.15, 0.2) is 48.5 Å². The summed E-state index contributed by atoms with van der Waals surface area (Å²) in [4.78, 5) is 17.8. The van der Waals surface area contributed by atoms with Crippen molar-refractivity contribution in [3.63, 3.8) is 0 Å². The number of nitrogens with zero attached hydrogens (tertiary/aromatic N) is 1. The molecule has 0 radical (unpaired) electrons. The van der Waals surface area contributed by atoms with Gasteiger partial charge in [-0.2, -0.15) is 0 Å². The molecule has 4 nitrogen and oxygen atoms in total. The van der Waals surface area contributed by atoms with Crippen molar-refractivity contribution < 1.29 is 9.18 Å². The largest absolute Gasteiger partial charge is 0.352 e. The van der Waals surface area contributed by atoms with E-state index in [4.69, 9.17) is 5.73 Å².